The maximum atomic E-state index is 5.93. The van der Waals surface area contributed by atoms with Crippen LogP contribution in [0.25, 0.3) is 0 Å². The first-order chi connectivity index (χ1) is 7.66. The number of aromatic nitrogens is 2. The third-order valence-electron chi connectivity index (χ3n) is 3.06. The van der Waals surface area contributed by atoms with Gasteiger partial charge in [-0.1, -0.05) is 11.6 Å². The van der Waals surface area contributed by atoms with Crippen LogP contribution in [0.2, 0.25) is 5.15 Å². The van der Waals surface area contributed by atoms with Crippen molar-refractivity contribution in [1.82, 2.24) is 14.9 Å². The molecule has 0 bridgehead atoms. The fraction of sp³-hybridized carbons (Fsp3) is 0.727. The lowest BCUT2D eigenvalue weighted by atomic mass is 10.0. The summed E-state index contributed by atoms with van der Waals surface area (Å²) in [6.45, 7) is 3.73. The molecule has 2 unspecified atom stereocenters. The van der Waals surface area contributed by atoms with Crippen molar-refractivity contribution >= 4 is 11.6 Å². The molecular formula is C11H18ClN3O. The summed E-state index contributed by atoms with van der Waals surface area (Å²) in [5, 5.41) is 4.18. The minimum Gasteiger partial charge on any atom is -0.378 e. The van der Waals surface area contributed by atoms with Crippen LogP contribution in [-0.2, 0) is 18.3 Å². The summed E-state index contributed by atoms with van der Waals surface area (Å²) < 4.78 is 7.41. The Hall–Kier alpha value is -0.580. The number of hydrogen-bond acceptors (Lipinski definition) is 3. The summed E-state index contributed by atoms with van der Waals surface area (Å²) in [5.41, 5.74) is 0. The van der Waals surface area contributed by atoms with Crippen LogP contribution in [0.1, 0.15) is 25.6 Å². The van der Waals surface area contributed by atoms with Crippen molar-refractivity contribution < 1.29 is 4.74 Å². The molecule has 0 aliphatic carbocycles. The van der Waals surface area contributed by atoms with E-state index in [1.807, 2.05) is 11.6 Å². The summed E-state index contributed by atoms with van der Waals surface area (Å²) in [4.78, 5) is 4.26. The Morgan fingerprint density at radius 1 is 1.69 bits per heavy atom. The van der Waals surface area contributed by atoms with E-state index in [-0.39, 0.29) is 0 Å². The molecule has 1 aliphatic rings. The van der Waals surface area contributed by atoms with Crippen molar-refractivity contribution in [3.05, 3.63) is 17.2 Å². The van der Waals surface area contributed by atoms with Gasteiger partial charge in [0.1, 0.15) is 11.0 Å². The molecule has 5 heteroatoms. The van der Waals surface area contributed by atoms with Crippen molar-refractivity contribution in [2.45, 2.75) is 38.5 Å². The van der Waals surface area contributed by atoms with Gasteiger partial charge in [-0.3, -0.25) is 0 Å². The van der Waals surface area contributed by atoms with E-state index in [0.29, 0.717) is 17.3 Å². The van der Waals surface area contributed by atoms with Crippen LogP contribution in [0.15, 0.2) is 6.20 Å². The molecule has 90 valence electrons. The lowest BCUT2D eigenvalue weighted by Gasteiger charge is -2.27. The molecule has 1 aromatic rings. The third-order valence-corrected chi connectivity index (χ3v) is 3.41. The van der Waals surface area contributed by atoms with E-state index >= 15 is 0 Å². The molecule has 1 aliphatic heterocycles. The van der Waals surface area contributed by atoms with Gasteiger partial charge in [0.25, 0.3) is 0 Å². The molecule has 1 saturated heterocycles. The summed E-state index contributed by atoms with van der Waals surface area (Å²) in [6.07, 6.45) is 4.18. The van der Waals surface area contributed by atoms with Crippen LogP contribution >= 0.6 is 11.6 Å². The monoisotopic (exact) mass is 243 g/mol. The summed E-state index contributed by atoms with van der Waals surface area (Å²) in [6, 6.07) is 0.527. The average molecular weight is 244 g/mol. The largest absolute Gasteiger partial charge is 0.378 e. The highest BCUT2D eigenvalue weighted by atomic mass is 35.5. The second-order valence-corrected chi connectivity index (χ2v) is 4.73. The van der Waals surface area contributed by atoms with E-state index in [2.05, 4.69) is 17.2 Å². The molecule has 2 atom stereocenters. The fourth-order valence-electron chi connectivity index (χ4n) is 2.01. The summed E-state index contributed by atoms with van der Waals surface area (Å²) >= 11 is 5.93. The minimum absolute atomic E-state index is 0.358. The zero-order valence-electron chi connectivity index (χ0n) is 9.74. The maximum Gasteiger partial charge on any atom is 0.128 e. The predicted molar refractivity (Wildman–Crippen MR) is 63.5 cm³/mol. The van der Waals surface area contributed by atoms with Crippen LogP contribution in [0.3, 0.4) is 0 Å². The van der Waals surface area contributed by atoms with Gasteiger partial charge in [0.05, 0.1) is 18.8 Å². The van der Waals surface area contributed by atoms with E-state index in [4.69, 9.17) is 16.3 Å². The number of rotatable bonds is 3. The molecule has 1 N–H and O–H groups in total. The maximum absolute atomic E-state index is 5.93. The van der Waals surface area contributed by atoms with Crippen LogP contribution in [0, 0.1) is 0 Å². The first-order valence-electron chi connectivity index (χ1n) is 5.68. The van der Waals surface area contributed by atoms with Crippen LogP contribution in [0.4, 0.5) is 0 Å². The highest BCUT2D eigenvalue weighted by molar-refractivity contribution is 6.29. The second-order valence-electron chi connectivity index (χ2n) is 4.34. The topological polar surface area (TPSA) is 39.1 Å². The lowest BCUT2D eigenvalue weighted by Crippen LogP contribution is -2.38. The summed E-state index contributed by atoms with van der Waals surface area (Å²) in [5.74, 6) is 0.976. The average Bonchev–Trinajstić information content (AvgIpc) is 2.57. The van der Waals surface area contributed by atoms with Crippen molar-refractivity contribution in [3.63, 3.8) is 0 Å². The van der Waals surface area contributed by atoms with Crippen molar-refractivity contribution in [2.24, 2.45) is 7.05 Å². The van der Waals surface area contributed by atoms with Gasteiger partial charge in [-0.25, -0.2) is 4.98 Å². The van der Waals surface area contributed by atoms with Crippen LogP contribution in [-0.4, -0.2) is 28.3 Å². The van der Waals surface area contributed by atoms with E-state index < -0.39 is 0 Å². The van der Waals surface area contributed by atoms with Gasteiger partial charge in [0, 0.05) is 19.7 Å². The first kappa shape index (κ1) is 11.9. The van der Waals surface area contributed by atoms with Gasteiger partial charge in [-0.15, -0.1) is 0 Å². The van der Waals surface area contributed by atoms with Gasteiger partial charge < -0.3 is 14.6 Å². The standard InChI is InChI=1S/C11H18ClN3O/c1-8-5-9(3-4-16-8)13-7-11-14-6-10(12)15(11)2/h6,8-9,13H,3-5,7H2,1-2H3. The zero-order valence-corrected chi connectivity index (χ0v) is 10.5. The number of imidazole rings is 1. The van der Waals surface area contributed by atoms with Gasteiger partial charge in [0.2, 0.25) is 0 Å². The highest BCUT2D eigenvalue weighted by Gasteiger charge is 2.19. The molecular weight excluding hydrogens is 226 g/mol. The quantitative estimate of drug-likeness (QED) is 0.879. The third kappa shape index (κ3) is 2.75. The highest BCUT2D eigenvalue weighted by Crippen LogP contribution is 2.14. The Labute approximate surface area is 101 Å². The molecule has 1 aromatic heterocycles. The van der Waals surface area contributed by atoms with Gasteiger partial charge >= 0.3 is 0 Å². The Bertz CT molecular complexity index is 353. The molecule has 2 rings (SSSR count). The molecule has 1 fully saturated rings. The number of nitrogens with zero attached hydrogens (tertiary/aromatic N) is 2. The lowest BCUT2D eigenvalue weighted by molar-refractivity contribution is 0.0129. The van der Waals surface area contributed by atoms with Crippen LogP contribution < -0.4 is 5.32 Å². The molecule has 16 heavy (non-hydrogen) atoms. The molecule has 0 amide bonds. The number of nitrogens with one attached hydrogen (secondary N) is 1. The SMILES string of the molecule is CC1CC(NCc2ncc(Cl)n2C)CCO1. The molecule has 4 nitrogen and oxygen atoms in total. The normalized spacial score (nSPS) is 25.9. The number of ether oxygens (including phenoxy) is 1. The van der Waals surface area contributed by atoms with Gasteiger partial charge in [-0.05, 0) is 19.8 Å². The zero-order chi connectivity index (χ0) is 11.5. The van der Waals surface area contributed by atoms with Crippen molar-refractivity contribution in [1.29, 1.82) is 0 Å². The molecule has 0 aromatic carbocycles. The van der Waals surface area contributed by atoms with Gasteiger partial charge in [0.15, 0.2) is 0 Å². The van der Waals surface area contributed by atoms with E-state index in [0.717, 1.165) is 31.8 Å². The molecule has 0 spiro atoms. The molecule has 2 heterocycles. The van der Waals surface area contributed by atoms with Crippen LogP contribution in [0.5, 0.6) is 0 Å². The number of hydrogen-bond donors (Lipinski definition) is 1. The van der Waals surface area contributed by atoms with E-state index in [9.17, 15) is 0 Å². The Morgan fingerprint density at radius 3 is 3.12 bits per heavy atom. The molecule has 0 radical (unpaired) electrons. The van der Waals surface area contributed by atoms with Crippen molar-refractivity contribution in [3.8, 4) is 0 Å². The van der Waals surface area contributed by atoms with E-state index in [1.54, 1.807) is 6.20 Å². The van der Waals surface area contributed by atoms with Gasteiger partial charge in [-0.2, -0.15) is 0 Å². The fourth-order valence-corrected chi connectivity index (χ4v) is 2.15. The smallest absolute Gasteiger partial charge is 0.128 e. The van der Waals surface area contributed by atoms with Crippen molar-refractivity contribution in [2.75, 3.05) is 6.61 Å². The van der Waals surface area contributed by atoms with E-state index in [1.165, 1.54) is 0 Å². The Kier molecular flexibility index (Phi) is 3.84. The minimum atomic E-state index is 0.358. The Morgan fingerprint density at radius 2 is 2.50 bits per heavy atom. The molecule has 0 saturated carbocycles. The Balaban J connectivity index is 1.85. The predicted octanol–water partition coefficient (Wildman–Crippen LogP) is 1.73. The summed E-state index contributed by atoms with van der Waals surface area (Å²) in [7, 11) is 1.93. The first-order valence-corrected chi connectivity index (χ1v) is 6.05. The second kappa shape index (κ2) is 5.17. The number of halogens is 1.